The van der Waals surface area contributed by atoms with Gasteiger partial charge in [0.2, 0.25) is 0 Å². The van der Waals surface area contributed by atoms with Crippen molar-refractivity contribution >= 4 is 5.82 Å². The lowest BCUT2D eigenvalue weighted by molar-refractivity contribution is 0.679. The zero-order valence-electron chi connectivity index (χ0n) is 9.87. The van der Waals surface area contributed by atoms with Crippen LogP contribution in [0.5, 0.6) is 0 Å². The van der Waals surface area contributed by atoms with Crippen LogP contribution in [0.25, 0.3) is 0 Å². The average Bonchev–Trinajstić information content (AvgIpc) is 2.30. The van der Waals surface area contributed by atoms with Crippen molar-refractivity contribution < 1.29 is 0 Å². The highest BCUT2D eigenvalue weighted by Crippen LogP contribution is 2.19. The minimum Gasteiger partial charge on any atom is -0.370 e. The normalized spacial score (nSPS) is 15.7. The lowest BCUT2D eigenvalue weighted by Crippen LogP contribution is -2.06. The number of rotatable bonds is 4. The van der Waals surface area contributed by atoms with Crippen molar-refractivity contribution in [2.45, 2.75) is 39.0 Å². The quantitative estimate of drug-likeness (QED) is 0.787. The third-order valence-corrected chi connectivity index (χ3v) is 2.94. The molecular formula is C13H19N3. The molecule has 0 spiro atoms. The number of aryl methyl sites for hydroxylation is 1. The van der Waals surface area contributed by atoms with Crippen LogP contribution < -0.4 is 5.32 Å². The second-order valence-electron chi connectivity index (χ2n) is 4.33. The lowest BCUT2D eigenvalue weighted by atomic mass is 9.97. The number of hydrogen-bond donors (Lipinski definition) is 1. The Labute approximate surface area is 97.0 Å². The van der Waals surface area contributed by atoms with Crippen LogP contribution in [0.3, 0.4) is 0 Å². The molecule has 3 heteroatoms. The van der Waals surface area contributed by atoms with E-state index in [1.807, 2.05) is 13.0 Å². The minimum atomic E-state index is 0.934. The number of nitrogens with one attached hydrogen (secondary N) is 1. The predicted molar refractivity (Wildman–Crippen MR) is 66.4 cm³/mol. The second-order valence-corrected chi connectivity index (χ2v) is 4.33. The summed E-state index contributed by atoms with van der Waals surface area (Å²) in [6.07, 6.45) is 10.4. The van der Waals surface area contributed by atoms with Gasteiger partial charge in [0.15, 0.2) is 0 Å². The molecule has 86 valence electrons. The van der Waals surface area contributed by atoms with Gasteiger partial charge in [0.25, 0.3) is 0 Å². The molecule has 1 aliphatic carbocycles. The van der Waals surface area contributed by atoms with Crippen LogP contribution in [0.1, 0.15) is 37.8 Å². The van der Waals surface area contributed by atoms with Crippen molar-refractivity contribution in [2.24, 2.45) is 0 Å². The van der Waals surface area contributed by atoms with E-state index in [0.29, 0.717) is 0 Å². The molecule has 0 saturated carbocycles. The Hall–Kier alpha value is -1.38. The summed E-state index contributed by atoms with van der Waals surface area (Å²) in [5, 5.41) is 3.34. The van der Waals surface area contributed by atoms with Gasteiger partial charge in [0.1, 0.15) is 12.1 Å². The van der Waals surface area contributed by atoms with Crippen LogP contribution >= 0.6 is 0 Å². The fraction of sp³-hybridized carbons (Fsp3) is 0.538. The number of aromatic nitrogens is 2. The van der Waals surface area contributed by atoms with E-state index >= 15 is 0 Å². The van der Waals surface area contributed by atoms with Crippen LogP contribution in [-0.2, 0) is 0 Å². The second kappa shape index (κ2) is 5.64. The first-order valence-corrected chi connectivity index (χ1v) is 6.05. The number of hydrogen-bond acceptors (Lipinski definition) is 3. The van der Waals surface area contributed by atoms with Gasteiger partial charge in [-0.1, -0.05) is 11.6 Å². The minimum absolute atomic E-state index is 0.934. The van der Waals surface area contributed by atoms with Crippen molar-refractivity contribution in [1.29, 1.82) is 0 Å². The van der Waals surface area contributed by atoms with E-state index in [0.717, 1.165) is 24.5 Å². The molecule has 0 radical (unpaired) electrons. The summed E-state index contributed by atoms with van der Waals surface area (Å²) in [6.45, 7) is 2.96. The molecule has 0 bridgehead atoms. The first-order valence-electron chi connectivity index (χ1n) is 6.05. The summed E-state index contributed by atoms with van der Waals surface area (Å²) >= 11 is 0. The van der Waals surface area contributed by atoms with Gasteiger partial charge in [-0.25, -0.2) is 9.97 Å². The van der Waals surface area contributed by atoms with Crippen LogP contribution in [0.15, 0.2) is 24.0 Å². The molecule has 0 aromatic carbocycles. The Morgan fingerprint density at radius 1 is 1.31 bits per heavy atom. The predicted octanol–water partition coefficient (Wildman–Crippen LogP) is 3.09. The van der Waals surface area contributed by atoms with E-state index in [4.69, 9.17) is 0 Å². The van der Waals surface area contributed by atoms with Gasteiger partial charge in [-0.2, -0.15) is 0 Å². The van der Waals surface area contributed by atoms with Crippen molar-refractivity contribution in [3.63, 3.8) is 0 Å². The van der Waals surface area contributed by atoms with Gasteiger partial charge in [0.05, 0.1) is 0 Å². The molecule has 0 aliphatic heterocycles. The van der Waals surface area contributed by atoms with Gasteiger partial charge in [0, 0.05) is 18.3 Å². The third kappa shape index (κ3) is 3.33. The fourth-order valence-electron chi connectivity index (χ4n) is 2.03. The largest absolute Gasteiger partial charge is 0.370 e. The monoisotopic (exact) mass is 217 g/mol. The van der Waals surface area contributed by atoms with Gasteiger partial charge in [-0.05, 0) is 39.0 Å². The van der Waals surface area contributed by atoms with E-state index in [-0.39, 0.29) is 0 Å². The lowest BCUT2D eigenvalue weighted by Gasteiger charge is -2.13. The zero-order chi connectivity index (χ0) is 11.2. The SMILES string of the molecule is Cc1cc(NCCC2=CCCCC2)ncn1. The number of anilines is 1. The van der Waals surface area contributed by atoms with Crippen molar-refractivity contribution in [3.05, 3.63) is 29.7 Å². The Morgan fingerprint density at radius 3 is 3.00 bits per heavy atom. The van der Waals surface area contributed by atoms with E-state index in [9.17, 15) is 0 Å². The standard InChI is InChI=1S/C13H19N3/c1-11-9-13(16-10-15-11)14-8-7-12-5-3-2-4-6-12/h5,9-10H,2-4,6-8H2,1H3,(H,14,15,16). The van der Waals surface area contributed by atoms with Crippen LogP contribution in [-0.4, -0.2) is 16.5 Å². The van der Waals surface area contributed by atoms with Crippen molar-refractivity contribution in [3.8, 4) is 0 Å². The molecule has 1 aromatic rings. The molecule has 1 aliphatic rings. The molecular weight excluding hydrogens is 198 g/mol. The van der Waals surface area contributed by atoms with Gasteiger partial charge < -0.3 is 5.32 Å². The molecule has 0 amide bonds. The molecule has 3 nitrogen and oxygen atoms in total. The Bertz CT molecular complexity index is 371. The average molecular weight is 217 g/mol. The molecule has 0 unspecified atom stereocenters. The highest BCUT2D eigenvalue weighted by Gasteiger charge is 2.03. The van der Waals surface area contributed by atoms with Gasteiger partial charge in [-0.3, -0.25) is 0 Å². The summed E-state index contributed by atoms with van der Waals surface area (Å²) in [5.41, 5.74) is 2.61. The zero-order valence-corrected chi connectivity index (χ0v) is 9.87. The third-order valence-electron chi connectivity index (χ3n) is 2.94. The summed E-state index contributed by atoms with van der Waals surface area (Å²) in [7, 11) is 0. The Balaban J connectivity index is 1.77. The van der Waals surface area contributed by atoms with Crippen LogP contribution in [0.4, 0.5) is 5.82 Å². The Morgan fingerprint density at radius 2 is 2.25 bits per heavy atom. The summed E-state index contributed by atoms with van der Waals surface area (Å²) in [5.74, 6) is 0.934. The highest BCUT2D eigenvalue weighted by molar-refractivity contribution is 5.34. The summed E-state index contributed by atoms with van der Waals surface area (Å²) in [6, 6.07) is 1.98. The van der Waals surface area contributed by atoms with Crippen molar-refractivity contribution in [1.82, 2.24) is 9.97 Å². The topological polar surface area (TPSA) is 37.8 Å². The maximum Gasteiger partial charge on any atom is 0.129 e. The number of allylic oxidation sites excluding steroid dienone is 1. The Kier molecular flexibility index (Phi) is 3.91. The van der Waals surface area contributed by atoms with Crippen LogP contribution in [0.2, 0.25) is 0 Å². The first kappa shape index (κ1) is 11.1. The maximum absolute atomic E-state index is 4.18. The summed E-state index contributed by atoms with van der Waals surface area (Å²) in [4.78, 5) is 8.26. The van der Waals surface area contributed by atoms with Gasteiger partial charge in [-0.15, -0.1) is 0 Å². The molecule has 0 atom stereocenters. The molecule has 1 N–H and O–H groups in total. The van der Waals surface area contributed by atoms with E-state index in [2.05, 4.69) is 21.4 Å². The van der Waals surface area contributed by atoms with E-state index in [1.54, 1.807) is 11.9 Å². The van der Waals surface area contributed by atoms with E-state index < -0.39 is 0 Å². The fourth-order valence-corrected chi connectivity index (χ4v) is 2.03. The van der Waals surface area contributed by atoms with E-state index in [1.165, 1.54) is 25.7 Å². The molecule has 0 fully saturated rings. The number of nitrogens with zero attached hydrogens (tertiary/aromatic N) is 2. The molecule has 1 heterocycles. The highest BCUT2D eigenvalue weighted by atomic mass is 15.0. The van der Waals surface area contributed by atoms with Crippen LogP contribution in [0, 0.1) is 6.92 Å². The molecule has 0 saturated heterocycles. The first-order chi connectivity index (χ1) is 7.84. The smallest absolute Gasteiger partial charge is 0.129 e. The molecule has 16 heavy (non-hydrogen) atoms. The van der Waals surface area contributed by atoms with Gasteiger partial charge >= 0.3 is 0 Å². The maximum atomic E-state index is 4.18. The molecule has 2 rings (SSSR count). The molecule has 1 aromatic heterocycles. The van der Waals surface area contributed by atoms with Crippen molar-refractivity contribution in [2.75, 3.05) is 11.9 Å². The summed E-state index contributed by atoms with van der Waals surface area (Å²) < 4.78 is 0.